The topological polar surface area (TPSA) is 152 Å². The van der Waals surface area contributed by atoms with Gasteiger partial charge in [-0.05, 0) is 17.7 Å². The van der Waals surface area contributed by atoms with Crippen LogP contribution in [0, 0.1) is 0 Å². The highest BCUT2D eigenvalue weighted by Crippen LogP contribution is 2.14. The Morgan fingerprint density at radius 2 is 1.54 bits per heavy atom. The molecule has 1 aromatic heterocycles. The van der Waals surface area contributed by atoms with E-state index >= 15 is 0 Å². The minimum absolute atomic E-state index is 0.0000409. The number of nitrogens with one attached hydrogen (secondary N) is 2. The summed E-state index contributed by atoms with van der Waals surface area (Å²) in [6.07, 6.45) is 2.80. The van der Waals surface area contributed by atoms with Crippen LogP contribution in [0.25, 0.3) is 0 Å². The number of benzene rings is 1. The molecule has 1 aromatic carbocycles. The number of carboxylic acids is 2. The third-order valence-corrected chi connectivity index (χ3v) is 5.70. The normalized spacial score (nSPS) is 15.6. The highest BCUT2D eigenvalue weighted by atomic mass is 16.4. The van der Waals surface area contributed by atoms with Gasteiger partial charge in [0.2, 0.25) is 11.8 Å². The first-order valence-corrected chi connectivity index (χ1v) is 11.3. The van der Waals surface area contributed by atoms with Crippen molar-refractivity contribution in [2.24, 2.45) is 0 Å². The van der Waals surface area contributed by atoms with Gasteiger partial charge in [0.1, 0.15) is 12.1 Å². The summed E-state index contributed by atoms with van der Waals surface area (Å²) in [4.78, 5) is 56.4. The van der Waals surface area contributed by atoms with Crippen LogP contribution in [-0.4, -0.2) is 88.7 Å². The smallest absolute Gasteiger partial charge is 0.326 e. The number of nitrogens with zero attached hydrogens (tertiary/aromatic N) is 3. The number of hydrogen-bond acceptors (Lipinski definition) is 7. The van der Waals surface area contributed by atoms with Gasteiger partial charge in [-0.25, -0.2) is 4.79 Å². The lowest BCUT2D eigenvalue weighted by atomic mass is 10.1. The maximum Gasteiger partial charge on any atom is 0.326 e. The second kappa shape index (κ2) is 12.5. The number of pyridine rings is 1. The number of aliphatic carboxylic acids is 2. The van der Waals surface area contributed by atoms with Crippen LogP contribution in [0.2, 0.25) is 0 Å². The fraction of sp³-hybridized carbons (Fsp3) is 0.375. The third kappa shape index (κ3) is 8.07. The van der Waals surface area contributed by atoms with Gasteiger partial charge in [0, 0.05) is 50.7 Å². The van der Waals surface area contributed by atoms with Gasteiger partial charge < -0.3 is 25.7 Å². The highest BCUT2D eigenvalue weighted by Gasteiger charge is 2.29. The van der Waals surface area contributed by atoms with E-state index < -0.39 is 42.3 Å². The summed E-state index contributed by atoms with van der Waals surface area (Å²) < 4.78 is 0. The lowest BCUT2D eigenvalue weighted by molar-refractivity contribution is -0.143. The molecule has 2 aromatic rings. The summed E-state index contributed by atoms with van der Waals surface area (Å²) >= 11 is 0. The van der Waals surface area contributed by atoms with E-state index in [2.05, 4.69) is 20.5 Å². The molecule has 11 heteroatoms. The van der Waals surface area contributed by atoms with Crippen molar-refractivity contribution in [3.05, 3.63) is 60.4 Å². The molecule has 2 atom stereocenters. The van der Waals surface area contributed by atoms with Crippen molar-refractivity contribution >= 4 is 29.4 Å². The lowest BCUT2D eigenvalue weighted by Gasteiger charge is -2.35. The summed E-state index contributed by atoms with van der Waals surface area (Å²) in [6.45, 7) is 2.64. The fourth-order valence-electron chi connectivity index (χ4n) is 3.87. The number of amides is 2. The SMILES string of the molecule is O=C(O)C[C@H](NC(=O)CN1CCN(c2ccncc2)CC1)C(=O)N[C@@H](Cc1ccccc1)C(=O)O. The minimum Gasteiger partial charge on any atom is -0.481 e. The van der Waals surface area contributed by atoms with E-state index in [1.54, 1.807) is 42.7 Å². The maximum atomic E-state index is 12.7. The Hall–Kier alpha value is -3.99. The van der Waals surface area contributed by atoms with Gasteiger partial charge in [-0.2, -0.15) is 0 Å². The molecule has 1 aliphatic rings. The number of carbonyl (C=O) groups excluding carboxylic acids is 2. The predicted molar refractivity (Wildman–Crippen MR) is 127 cm³/mol. The predicted octanol–water partition coefficient (Wildman–Crippen LogP) is -0.0248. The monoisotopic (exact) mass is 483 g/mol. The summed E-state index contributed by atoms with van der Waals surface area (Å²) in [6, 6.07) is 9.92. The molecule has 4 N–H and O–H groups in total. The second-order valence-electron chi connectivity index (χ2n) is 8.28. The number of carboxylic acid groups (broad SMARTS) is 2. The largest absolute Gasteiger partial charge is 0.481 e. The Balaban J connectivity index is 1.54. The number of hydrogen-bond donors (Lipinski definition) is 4. The number of anilines is 1. The quantitative estimate of drug-likeness (QED) is 0.345. The van der Waals surface area contributed by atoms with E-state index in [0.717, 1.165) is 5.69 Å². The molecule has 1 saturated heterocycles. The van der Waals surface area contributed by atoms with Gasteiger partial charge in [-0.1, -0.05) is 30.3 Å². The molecule has 11 nitrogen and oxygen atoms in total. The first-order valence-electron chi connectivity index (χ1n) is 11.3. The fourth-order valence-corrected chi connectivity index (χ4v) is 3.87. The average Bonchev–Trinajstić information content (AvgIpc) is 2.84. The van der Waals surface area contributed by atoms with E-state index in [1.807, 2.05) is 17.0 Å². The number of rotatable bonds is 11. The van der Waals surface area contributed by atoms with Crippen LogP contribution in [0.3, 0.4) is 0 Å². The van der Waals surface area contributed by atoms with Crippen molar-refractivity contribution in [3.63, 3.8) is 0 Å². The molecule has 0 saturated carbocycles. The molecule has 0 unspecified atom stereocenters. The molecule has 0 radical (unpaired) electrons. The van der Waals surface area contributed by atoms with Crippen LogP contribution in [0.15, 0.2) is 54.9 Å². The van der Waals surface area contributed by atoms with Crippen molar-refractivity contribution < 1.29 is 29.4 Å². The molecule has 0 aliphatic carbocycles. The number of piperazine rings is 1. The van der Waals surface area contributed by atoms with Crippen molar-refractivity contribution in [1.82, 2.24) is 20.5 Å². The van der Waals surface area contributed by atoms with Crippen molar-refractivity contribution in [3.8, 4) is 0 Å². The maximum absolute atomic E-state index is 12.7. The van der Waals surface area contributed by atoms with E-state index in [9.17, 15) is 29.4 Å². The van der Waals surface area contributed by atoms with Crippen LogP contribution >= 0.6 is 0 Å². The van der Waals surface area contributed by atoms with Crippen molar-refractivity contribution in [2.75, 3.05) is 37.6 Å². The summed E-state index contributed by atoms with van der Waals surface area (Å²) in [5, 5.41) is 23.6. The van der Waals surface area contributed by atoms with Crippen LogP contribution in [-0.2, 0) is 25.6 Å². The molecule has 3 rings (SSSR count). The van der Waals surface area contributed by atoms with Crippen LogP contribution in [0.4, 0.5) is 5.69 Å². The molecule has 0 bridgehead atoms. The Morgan fingerprint density at radius 1 is 0.886 bits per heavy atom. The first kappa shape index (κ1) is 25.6. The van der Waals surface area contributed by atoms with Gasteiger partial charge in [0.25, 0.3) is 0 Å². The molecule has 1 aliphatic heterocycles. The highest BCUT2D eigenvalue weighted by molar-refractivity contribution is 5.93. The number of carbonyl (C=O) groups is 4. The first-order chi connectivity index (χ1) is 16.8. The second-order valence-corrected chi connectivity index (χ2v) is 8.28. The molecule has 2 heterocycles. The molecule has 1 fully saturated rings. The zero-order chi connectivity index (χ0) is 25.2. The zero-order valence-corrected chi connectivity index (χ0v) is 19.2. The van der Waals surface area contributed by atoms with Crippen LogP contribution in [0.1, 0.15) is 12.0 Å². The standard InChI is InChI=1S/C24H29N5O6/c30-21(16-28-10-12-29(13-11-28)18-6-8-25-9-7-18)26-19(15-22(31)32)23(33)27-20(24(34)35)14-17-4-2-1-3-5-17/h1-9,19-20H,10-16H2,(H,26,30)(H,27,33)(H,31,32)(H,34,35)/t19-,20-/m0/s1. The van der Waals surface area contributed by atoms with E-state index in [1.165, 1.54) is 0 Å². The molecular weight excluding hydrogens is 454 g/mol. The van der Waals surface area contributed by atoms with Crippen molar-refractivity contribution in [2.45, 2.75) is 24.9 Å². The van der Waals surface area contributed by atoms with E-state index in [0.29, 0.717) is 31.7 Å². The molecule has 35 heavy (non-hydrogen) atoms. The molecule has 0 spiro atoms. The third-order valence-electron chi connectivity index (χ3n) is 5.70. The van der Waals surface area contributed by atoms with Crippen LogP contribution < -0.4 is 15.5 Å². The van der Waals surface area contributed by atoms with E-state index in [-0.39, 0.29) is 13.0 Å². The van der Waals surface area contributed by atoms with Crippen LogP contribution in [0.5, 0.6) is 0 Å². The minimum atomic E-state index is -1.39. The van der Waals surface area contributed by atoms with Crippen molar-refractivity contribution in [1.29, 1.82) is 0 Å². The summed E-state index contributed by atoms with van der Waals surface area (Å²) in [5.41, 5.74) is 1.75. The lowest BCUT2D eigenvalue weighted by Crippen LogP contribution is -2.55. The average molecular weight is 484 g/mol. The Bertz CT molecular complexity index is 1010. The van der Waals surface area contributed by atoms with E-state index in [4.69, 9.17) is 0 Å². The van der Waals surface area contributed by atoms with Gasteiger partial charge >= 0.3 is 11.9 Å². The summed E-state index contributed by atoms with van der Waals surface area (Å²) in [5.74, 6) is -3.90. The molecule has 2 amide bonds. The molecule has 186 valence electrons. The van der Waals surface area contributed by atoms with Gasteiger partial charge in [-0.3, -0.25) is 24.3 Å². The van der Waals surface area contributed by atoms with Gasteiger partial charge in [-0.15, -0.1) is 0 Å². The molecular formula is C24H29N5O6. The van der Waals surface area contributed by atoms with Gasteiger partial charge in [0.15, 0.2) is 0 Å². The Labute approximate surface area is 202 Å². The Kier molecular flexibility index (Phi) is 9.13. The Morgan fingerprint density at radius 3 is 2.14 bits per heavy atom. The van der Waals surface area contributed by atoms with Gasteiger partial charge in [0.05, 0.1) is 13.0 Å². The summed E-state index contributed by atoms with van der Waals surface area (Å²) in [7, 11) is 0. The number of aromatic nitrogens is 1. The zero-order valence-electron chi connectivity index (χ0n) is 19.2.